The maximum atomic E-state index is 13.0. The Morgan fingerprint density at radius 2 is 1.46 bits per heavy atom. The first-order valence-electron chi connectivity index (χ1n) is 13.2. The van der Waals surface area contributed by atoms with Gasteiger partial charge in [-0.1, -0.05) is 47.7 Å². The minimum absolute atomic E-state index is 0.0867. The molecule has 5 aromatic rings. The van der Waals surface area contributed by atoms with Crippen LogP contribution in [-0.2, 0) is 10.0 Å². The number of thiazole rings is 1. The third kappa shape index (κ3) is 5.61. The highest BCUT2D eigenvalue weighted by atomic mass is 32.2. The van der Waals surface area contributed by atoms with Crippen molar-refractivity contribution in [2.45, 2.75) is 4.90 Å². The second kappa shape index (κ2) is 11.2. The van der Waals surface area contributed by atoms with Crippen molar-refractivity contribution in [3.8, 4) is 5.75 Å². The summed E-state index contributed by atoms with van der Waals surface area (Å²) in [7, 11) is -2.27. The van der Waals surface area contributed by atoms with Crippen molar-refractivity contribution in [3.63, 3.8) is 0 Å². The van der Waals surface area contributed by atoms with E-state index in [4.69, 9.17) is 9.72 Å². The molecule has 8 nitrogen and oxygen atoms in total. The number of benzene rings is 4. The summed E-state index contributed by atoms with van der Waals surface area (Å²) in [5.41, 5.74) is 2.89. The molecule has 0 atom stereocenters. The maximum Gasteiger partial charge on any atom is 0.343 e. The van der Waals surface area contributed by atoms with Crippen LogP contribution in [0.5, 0.6) is 5.75 Å². The van der Waals surface area contributed by atoms with Crippen molar-refractivity contribution in [3.05, 3.63) is 109 Å². The number of anilines is 3. The number of para-hydroxylation sites is 2. The summed E-state index contributed by atoms with van der Waals surface area (Å²) in [4.78, 5) is 22.4. The molecule has 2 heterocycles. The fourth-order valence-corrected chi connectivity index (χ4v) is 6.99. The van der Waals surface area contributed by atoms with Crippen LogP contribution in [0.4, 0.5) is 16.5 Å². The van der Waals surface area contributed by atoms with Crippen molar-refractivity contribution in [1.82, 2.24) is 4.98 Å². The summed E-state index contributed by atoms with van der Waals surface area (Å²) in [5.74, 6) is -0.154. The Bertz CT molecular complexity index is 1770. The monoisotopic (exact) mass is 584 g/mol. The lowest BCUT2D eigenvalue weighted by atomic mass is 10.2. The van der Waals surface area contributed by atoms with Crippen molar-refractivity contribution >= 4 is 54.1 Å². The molecule has 1 aromatic heterocycles. The number of fused-ring (bicyclic) bond motifs is 1. The number of hydrogen-bond donors (Lipinski definition) is 0. The number of nitrogens with zero attached hydrogens (tertiary/aromatic N) is 4. The van der Waals surface area contributed by atoms with E-state index < -0.39 is 16.0 Å². The zero-order chi connectivity index (χ0) is 28.4. The Hall–Kier alpha value is -4.41. The Morgan fingerprint density at radius 3 is 2.15 bits per heavy atom. The van der Waals surface area contributed by atoms with Gasteiger partial charge in [-0.15, -0.1) is 0 Å². The molecule has 0 amide bonds. The summed E-state index contributed by atoms with van der Waals surface area (Å²) in [5, 5.41) is 0.952. The number of esters is 1. The Morgan fingerprint density at radius 1 is 0.829 bits per heavy atom. The number of carbonyl (C=O) groups excluding carboxylic acids is 1. The van der Waals surface area contributed by atoms with Crippen LogP contribution in [0.15, 0.2) is 108 Å². The molecule has 0 bridgehead atoms. The van der Waals surface area contributed by atoms with Crippen LogP contribution < -0.4 is 18.8 Å². The Kier molecular flexibility index (Phi) is 7.34. The van der Waals surface area contributed by atoms with E-state index in [0.29, 0.717) is 11.4 Å². The van der Waals surface area contributed by atoms with Gasteiger partial charge in [0, 0.05) is 45.0 Å². The first kappa shape index (κ1) is 26.8. The smallest absolute Gasteiger partial charge is 0.343 e. The first-order chi connectivity index (χ1) is 19.9. The molecular weight excluding hydrogens is 556 g/mol. The number of sulfonamides is 1. The normalized spacial score (nSPS) is 13.8. The molecule has 6 rings (SSSR count). The van der Waals surface area contributed by atoms with Gasteiger partial charge in [-0.3, -0.25) is 4.31 Å². The molecule has 1 aliphatic rings. The summed E-state index contributed by atoms with van der Waals surface area (Å²) in [6.07, 6.45) is 0. The molecule has 0 radical (unpaired) electrons. The first-order valence-corrected chi connectivity index (χ1v) is 15.5. The summed E-state index contributed by atoms with van der Waals surface area (Å²) >= 11 is 1.58. The maximum absolute atomic E-state index is 13.0. The third-order valence-electron chi connectivity index (χ3n) is 7.10. The molecule has 10 heteroatoms. The lowest BCUT2D eigenvalue weighted by Crippen LogP contribution is -2.46. The lowest BCUT2D eigenvalue weighted by molar-refractivity contribution is 0.0735. The van der Waals surface area contributed by atoms with Crippen LogP contribution >= 0.6 is 11.3 Å². The second-order valence-electron chi connectivity index (χ2n) is 9.66. The molecule has 208 valence electrons. The average Bonchev–Trinajstić information content (AvgIpc) is 3.45. The van der Waals surface area contributed by atoms with E-state index >= 15 is 0 Å². The third-order valence-corrected chi connectivity index (χ3v) is 9.98. The van der Waals surface area contributed by atoms with E-state index in [1.807, 2.05) is 24.3 Å². The molecule has 0 saturated carbocycles. The van der Waals surface area contributed by atoms with Gasteiger partial charge in [0.25, 0.3) is 10.0 Å². The van der Waals surface area contributed by atoms with E-state index in [2.05, 4.69) is 34.1 Å². The minimum atomic E-state index is -3.77. The van der Waals surface area contributed by atoms with E-state index in [9.17, 15) is 13.2 Å². The summed E-state index contributed by atoms with van der Waals surface area (Å²) < 4.78 is 33.8. The SMILES string of the molecule is CN(c1ccccc1)S(=O)(=O)c1ccc(C(=O)Oc2ccc3nc(N4CCN(c5ccccc5)CC4)sc3c2)cc1. The number of hydrogen-bond acceptors (Lipinski definition) is 8. The Balaban J connectivity index is 1.11. The minimum Gasteiger partial charge on any atom is -0.423 e. The van der Waals surface area contributed by atoms with Crippen molar-refractivity contribution in [2.24, 2.45) is 0 Å². The fourth-order valence-electron chi connectivity index (χ4n) is 4.75. The van der Waals surface area contributed by atoms with Crippen LogP contribution in [0.25, 0.3) is 10.2 Å². The van der Waals surface area contributed by atoms with Crippen molar-refractivity contribution in [1.29, 1.82) is 0 Å². The lowest BCUT2D eigenvalue weighted by Gasteiger charge is -2.35. The molecule has 1 fully saturated rings. The van der Waals surface area contributed by atoms with Gasteiger partial charge in [0.15, 0.2) is 5.13 Å². The van der Waals surface area contributed by atoms with Crippen LogP contribution in [0, 0.1) is 0 Å². The molecule has 1 aliphatic heterocycles. The highest BCUT2D eigenvalue weighted by Crippen LogP contribution is 2.33. The van der Waals surface area contributed by atoms with E-state index in [1.165, 1.54) is 41.3 Å². The highest BCUT2D eigenvalue weighted by Gasteiger charge is 2.23. The molecule has 0 spiro atoms. The van der Waals surface area contributed by atoms with Crippen molar-refractivity contribution < 1.29 is 17.9 Å². The van der Waals surface area contributed by atoms with Crippen LogP contribution in [0.2, 0.25) is 0 Å². The zero-order valence-corrected chi connectivity index (χ0v) is 24.0. The van der Waals surface area contributed by atoms with E-state index in [1.54, 1.807) is 41.7 Å². The van der Waals surface area contributed by atoms with Crippen LogP contribution in [-0.4, -0.2) is 52.6 Å². The number of rotatable bonds is 7. The molecule has 0 N–H and O–H groups in total. The van der Waals surface area contributed by atoms with Gasteiger partial charge in [0.2, 0.25) is 0 Å². The number of piperazine rings is 1. The molecule has 1 saturated heterocycles. The fraction of sp³-hybridized carbons (Fsp3) is 0.161. The summed E-state index contributed by atoms with van der Waals surface area (Å²) in [6.45, 7) is 3.60. The number of ether oxygens (including phenoxy) is 1. The van der Waals surface area contributed by atoms with Gasteiger partial charge >= 0.3 is 5.97 Å². The van der Waals surface area contributed by atoms with Crippen LogP contribution in [0.3, 0.4) is 0 Å². The zero-order valence-electron chi connectivity index (χ0n) is 22.4. The van der Waals surface area contributed by atoms with E-state index in [0.717, 1.165) is 41.5 Å². The van der Waals surface area contributed by atoms with E-state index in [-0.39, 0.29) is 10.5 Å². The molecule has 0 unspecified atom stereocenters. The molecule has 4 aromatic carbocycles. The highest BCUT2D eigenvalue weighted by molar-refractivity contribution is 7.92. The van der Waals surface area contributed by atoms with Crippen LogP contribution in [0.1, 0.15) is 10.4 Å². The second-order valence-corrected chi connectivity index (χ2v) is 12.6. The average molecular weight is 585 g/mol. The predicted molar refractivity (Wildman–Crippen MR) is 164 cm³/mol. The predicted octanol–water partition coefficient (Wildman–Crippen LogP) is 5.67. The Labute approximate surface area is 243 Å². The molecule has 0 aliphatic carbocycles. The molecule has 41 heavy (non-hydrogen) atoms. The number of carbonyl (C=O) groups is 1. The van der Waals surface area contributed by atoms with Gasteiger partial charge in [-0.25, -0.2) is 18.2 Å². The topological polar surface area (TPSA) is 83.0 Å². The van der Waals surface area contributed by atoms with Gasteiger partial charge < -0.3 is 14.5 Å². The summed E-state index contributed by atoms with van der Waals surface area (Å²) in [6, 6.07) is 30.4. The van der Waals surface area contributed by atoms with Gasteiger partial charge in [-0.2, -0.15) is 0 Å². The largest absolute Gasteiger partial charge is 0.423 e. The molecular formula is C31H28N4O4S2. The number of aromatic nitrogens is 1. The van der Waals surface area contributed by atoms with Gasteiger partial charge in [-0.05, 0) is 60.7 Å². The standard InChI is InChI=1S/C31H28N4O4S2/c1-33(24-8-4-2-5-9-24)41(37,38)27-15-12-23(13-16-27)30(36)39-26-14-17-28-29(22-26)40-31(32-28)35-20-18-34(19-21-35)25-10-6-3-7-11-25/h2-17,22H,18-21H2,1H3. The van der Waals surface area contributed by atoms with Gasteiger partial charge in [0.05, 0.1) is 26.4 Å². The van der Waals surface area contributed by atoms with Crippen molar-refractivity contribution in [2.75, 3.05) is 47.3 Å². The van der Waals surface area contributed by atoms with Gasteiger partial charge in [0.1, 0.15) is 5.75 Å². The quantitative estimate of drug-likeness (QED) is 0.180.